The van der Waals surface area contributed by atoms with Crippen molar-refractivity contribution in [2.24, 2.45) is 35.1 Å². The number of carbonyl (C=O) groups excluding carboxylic acids is 8. The number of aromatic nitrogens is 1. The fourth-order valence-electron chi connectivity index (χ4n) is 9.89. The number of primary amides is 1. The van der Waals surface area contributed by atoms with Crippen LogP contribution in [0.15, 0.2) is 66.2 Å². The number of likely N-dealkylation sites (N-methyl/N-ethyl adjacent to an activating group) is 1. The molecule has 11 N–H and O–H groups in total. The zero-order valence-electron chi connectivity index (χ0n) is 52.2. The van der Waals surface area contributed by atoms with Crippen molar-refractivity contribution in [2.75, 3.05) is 39.7 Å². The Balaban J connectivity index is 0.00000272. The van der Waals surface area contributed by atoms with Crippen LogP contribution >= 0.6 is 11.3 Å². The van der Waals surface area contributed by atoms with Gasteiger partial charge in [-0.15, -0.1) is 11.3 Å². The molecule has 1 saturated heterocycles. The number of methoxy groups -OCH3 is 2. The number of nitrogens with zero attached hydrogens (tertiary/aromatic N) is 3. The zero-order valence-corrected chi connectivity index (χ0v) is 53.1. The number of hydrogen-bond acceptors (Lipinski definition) is 15. The molecule has 10 atom stereocenters. The van der Waals surface area contributed by atoms with Gasteiger partial charge in [-0.2, -0.15) is 13.2 Å². The third-order valence-electron chi connectivity index (χ3n) is 15.3. The molecule has 2 heterocycles. The van der Waals surface area contributed by atoms with Gasteiger partial charge in [0, 0.05) is 51.6 Å². The first-order valence-electron chi connectivity index (χ1n) is 29.2. The van der Waals surface area contributed by atoms with E-state index < -0.39 is 108 Å². The molecule has 24 nitrogen and oxygen atoms in total. The van der Waals surface area contributed by atoms with E-state index in [2.05, 4.69) is 36.9 Å². The minimum absolute atomic E-state index is 0.0612. The van der Waals surface area contributed by atoms with Crippen molar-refractivity contribution < 1.29 is 75.6 Å². The molecule has 88 heavy (non-hydrogen) atoms. The van der Waals surface area contributed by atoms with Crippen LogP contribution in [0.1, 0.15) is 123 Å². The molecule has 0 radical (unpaired) electrons. The number of halogens is 3. The monoisotopic (exact) mass is 1260 g/mol. The minimum Gasteiger partial charge on any atom is -0.475 e. The van der Waals surface area contributed by atoms with Crippen molar-refractivity contribution in [3.05, 3.63) is 82.3 Å². The Bertz CT molecular complexity index is 2740. The van der Waals surface area contributed by atoms with Crippen LogP contribution in [0.4, 0.5) is 28.4 Å². The summed E-state index contributed by atoms with van der Waals surface area (Å²) in [6, 6.07) is 11.4. The lowest BCUT2D eigenvalue weighted by atomic mass is 9.89. The molecule has 0 bridgehead atoms. The normalized spacial score (nSPS) is 16.4. The van der Waals surface area contributed by atoms with E-state index in [1.807, 2.05) is 56.5 Å². The summed E-state index contributed by atoms with van der Waals surface area (Å²) in [4.78, 5) is 124. The molecule has 2 aromatic carbocycles. The van der Waals surface area contributed by atoms with Gasteiger partial charge in [-0.05, 0) is 87.0 Å². The van der Waals surface area contributed by atoms with E-state index in [9.17, 15) is 51.5 Å². The molecular weight excluding hydrogens is 1170 g/mol. The number of aliphatic carboxylic acids is 1. The second-order valence-corrected chi connectivity index (χ2v) is 23.9. The fraction of sp³-hybridized carbons (Fsp3) is 0.600. The number of carbonyl (C=O) groups is 9. The highest BCUT2D eigenvalue weighted by Gasteiger charge is 2.44. The summed E-state index contributed by atoms with van der Waals surface area (Å²) in [5.41, 5.74) is 11.6. The van der Waals surface area contributed by atoms with Gasteiger partial charge in [-0.3, -0.25) is 28.8 Å². The van der Waals surface area contributed by atoms with Crippen molar-refractivity contribution in [3.8, 4) is 0 Å². The van der Waals surface area contributed by atoms with E-state index in [-0.39, 0.29) is 55.7 Å². The SMILES string of the molecule is CC[C@H](C)[C@@H]([C@@H](CC(=O)N1CCC[C@H]1[C@H](OC)[C@@H](C)C(=O)N[C@@H](Cc1ccccc1)c1nccs1)OC)N(C)C(=O)[C@@H](NC(=O)C(C)(C)NC(=O)OCc1ccc(NC(=O)[C@H](CCCNC(N)=O)NC(=O)[C@@H](N)C(C)C)cc1)C(C)C.O=C(O)C(F)(F)F. The van der Waals surface area contributed by atoms with E-state index in [4.69, 9.17) is 35.6 Å². The number of urea groups is 1. The molecule has 9 amide bonds. The maximum Gasteiger partial charge on any atom is 0.490 e. The molecule has 0 spiro atoms. The summed E-state index contributed by atoms with van der Waals surface area (Å²) >= 11 is 1.47. The number of carboxylic acid groups (broad SMARTS) is 1. The summed E-state index contributed by atoms with van der Waals surface area (Å²) in [6.45, 7) is 16.4. The molecule has 1 aliphatic heterocycles. The third-order valence-corrected chi connectivity index (χ3v) is 16.2. The van der Waals surface area contributed by atoms with E-state index in [1.165, 1.54) is 32.3 Å². The molecule has 0 saturated carbocycles. The van der Waals surface area contributed by atoms with Crippen LogP contribution in [0.2, 0.25) is 0 Å². The average Bonchev–Trinajstić information content (AvgIpc) is 1.70. The van der Waals surface area contributed by atoms with Gasteiger partial charge in [0.05, 0.1) is 48.7 Å². The number of anilines is 1. The Hall–Kier alpha value is -7.43. The van der Waals surface area contributed by atoms with Gasteiger partial charge >= 0.3 is 24.3 Å². The van der Waals surface area contributed by atoms with Gasteiger partial charge in [0.2, 0.25) is 35.4 Å². The Labute approximate surface area is 516 Å². The molecule has 0 aliphatic carbocycles. The Kier molecular flexibility index (Phi) is 30.2. The van der Waals surface area contributed by atoms with E-state index in [0.29, 0.717) is 49.9 Å². The Morgan fingerprint density at radius 2 is 1.50 bits per heavy atom. The number of ether oxygens (including phenoxy) is 3. The molecule has 0 unspecified atom stereocenters. The number of carboxylic acids is 1. The second-order valence-electron chi connectivity index (χ2n) is 23.0. The number of likely N-dealkylation sites (tertiary alicyclic amines) is 1. The first-order chi connectivity index (χ1) is 41.3. The van der Waals surface area contributed by atoms with Gasteiger partial charge in [-0.1, -0.05) is 97.4 Å². The predicted octanol–water partition coefficient (Wildman–Crippen LogP) is 5.80. The number of thiazole rings is 1. The number of hydrogen-bond donors (Lipinski definition) is 9. The summed E-state index contributed by atoms with van der Waals surface area (Å²) in [5.74, 6) is -6.57. The quantitative estimate of drug-likeness (QED) is 0.0344. The summed E-state index contributed by atoms with van der Waals surface area (Å²) in [5, 5.41) is 26.4. The van der Waals surface area contributed by atoms with Crippen molar-refractivity contribution in [1.82, 2.24) is 41.4 Å². The molecule has 1 fully saturated rings. The van der Waals surface area contributed by atoms with E-state index in [0.717, 1.165) is 10.6 Å². The Morgan fingerprint density at radius 3 is 2.03 bits per heavy atom. The maximum atomic E-state index is 14.6. The number of amides is 9. The number of nitrogens with two attached hydrogens (primary N) is 2. The van der Waals surface area contributed by atoms with Crippen LogP contribution in [-0.4, -0.2) is 162 Å². The van der Waals surface area contributed by atoms with Gasteiger partial charge in [0.25, 0.3) is 0 Å². The molecule has 4 rings (SSSR count). The smallest absolute Gasteiger partial charge is 0.475 e. The first kappa shape index (κ1) is 74.8. The molecule has 28 heteroatoms. The van der Waals surface area contributed by atoms with Crippen molar-refractivity contribution in [1.29, 1.82) is 0 Å². The lowest BCUT2D eigenvalue weighted by Gasteiger charge is -2.41. The van der Waals surface area contributed by atoms with Crippen LogP contribution < -0.4 is 43.4 Å². The van der Waals surface area contributed by atoms with Crippen LogP contribution in [-0.2, 0) is 60.8 Å². The Morgan fingerprint density at radius 1 is 0.864 bits per heavy atom. The lowest BCUT2D eigenvalue weighted by molar-refractivity contribution is -0.192. The number of benzene rings is 2. The molecular formula is C60H90F3N11O13S. The van der Waals surface area contributed by atoms with E-state index in [1.54, 1.807) is 82.1 Å². The molecule has 3 aromatic rings. The van der Waals surface area contributed by atoms with Gasteiger partial charge in [0.1, 0.15) is 29.2 Å². The number of nitrogens with one attached hydrogen (secondary N) is 6. The minimum atomic E-state index is -5.08. The van der Waals surface area contributed by atoms with Crippen molar-refractivity contribution in [2.45, 2.75) is 174 Å². The first-order valence-corrected chi connectivity index (χ1v) is 30.1. The predicted molar refractivity (Wildman–Crippen MR) is 324 cm³/mol. The van der Waals surface area contributed by atoms with Crippen molar-refractivity contribution in [3.63, 3.8) is 0 Å². The van der Waals surface area contributed by atoms with Crippen molar-refractivity contribution >= 4 is 70.6 Å². The summed E-state index contributed by atoms with van der Waals surface area (Å²) in [7, 11) is 4.72. The highest BCUT2D eigenvalue weighted by Crippen LogP contribution is 2.31. The molecule has 1 aromatic heterocycles. The average molecular weight is 1260 g/mol. The lowest BCUT2D eigenvalue weighted by Crippen LogP contribution is -2.62. The topological polar surface area (TPSA) is 345 Å². The fourth-order valence-corrected chi connectivity index (χ4v) is 10.6. The largest absolute Gasteiger partial charge is 0.490 e. The highest BCUT2D eigenvalue weighted by atomic mass is 32.1. The van der Waals surface area contributed by atoms with Gasteiger partial charge < -0.3 is 72.5 Å². The highest BCUT2D eigenvalue weighted by molar-refractivity contribution is 7.09. The number of rotatable bonds is 31. The molecule has 1 aliphatic rings. The number of alkyl carbamates (subject to hydrolysis) is 1. The van der Waals surface area contributed by atoms with Crippen LogP contribution in [0.3, 0.4) is 0 Å². The summed E-state index contributed by atoms with van der Waals surface area (Å²) < 4.78 is 49.3. The maximum absolute atomic E-state index is 14.6. The van der Waals surface area contributed by atoms with Crippen LogP contribution in [0.25, 0.3) is 0 Å². The van der Waals surface area contributed by atoms with E-state index >= 15 is 0 Å². The number of alkyl halides is 3. The summed E-state index contributed by atoms with van der Waals surface area (Å²) in [6.07, 6.45) is -2.62. The van der Waals surface area contributed by atoms with Crippen LogP contribution in [0, 0.1) is 23.7 Å². The van der Waals surface area contributed by atoms with Gasteiger partial charge in [-0.25, -0.2) is 19.4 Å². The molecule has 490 valence electrons. The second kappa shape index (κ2) is 35.5. The zero-order chi connectivity index (χ0) is 66.2. The van der Waals surface area contributed by atoms with Gasteiger partial charge in [0.15, 0.2) is 0 Å². The van der Waals surface area contributed by atoms with Crippen LogP contribution in [0.5, 0.6) is 0 Å². The standard InChI is InChI=1S/C58H89N11O11S.C2HF3O2/c1-13-36(6)48(44(78-11)32-45(70)69-29-18-22-43(69)49(79-12)37(7)50(71)65-42(53-61-28-30-81-53)31-38-19-15-14-16-20-38)68(10)54(74)47(35(4)5)66-55(75)58(8,9)67-57(77)80-33-39-23-25-40(26-24-39)63-51(72)41(21-17-27-62-56(60)76)64-52(73)46(59)34(2)3;3-2(4,5)1(6)7/h14-16,19-20,23-26,28,30,34-37,41-44,46-49H,13,17-18,21-22,27,29,31-33,59H2,1-12H3,(H,63,72)(H,64,73)(H,65,71)(H,66,75)(H,67,77)(H3,60,62,76);(H,6,7)/t36-,37+,41-,42-,43-,44+,46-,47-,48-,49+;/m0./s1. The third kappa shape index (κ3) is 23.3.